The van der Waals surface area contributed by atoms with Crippen LogP contribution < -0.4 is 0 Å². The molecule has 5 nitrogen and oxygen atoms in total. The van der Waals surface area contributed by atoms with Gasteiger partial charge in [0.1, 0.15) is 6.04 Å². The second-order valence-electron chi connectivity index (χ2n) is 6.34. The summed E-state index contributed by atoms with van der Waals surface area (Å²) in [6.07, 6.45) is 2.85. The van der Waals surface area contributed by atoms with Crippen molar-refractivity contribution < 1.29 is 9.32 Å². The van der Waals surface area contributed by atoms with Crippen molar-refractivity contribution in [2.45, 2.75) is 25.3 Å². The fraction of sp³-hybridized carbons (Fsp3) is 0.250. The van der Waals surface area contributed by atoms with Crippen molar-refractivity contribution in [3.05, 3.63) is 70.5 Å². The molecule has 0 radical (unpaired) electrons. The van der Waals surface area contributed by atoms with Gasteiger partial charge in [-0.25, -0.2) is 0 Å². The van der Waals surface area contributed by atoms with E-state index in [0.29, 0.717) is 23.8 Å². The van der Waals surface area contributed by atoms with E-state index in [2.05, 4.69) is 26.1 Å². The number of halogens is 1. The maximum Gasteiger partial charge on any atom is 0.254 e. The fourth-order valence-electron chi connectivity index (χ4n) is 3.29. The van der Waals surface area contributed by atoms with Gasteiger partial charge in [0.2, 0.25) is 11.7 Å². The zero-order valence-corrected chi connectivity index (χ0v) is 15.7. The first kappa shape index (κ1) is 17.0. The van der Waals surface area contributed by atoms with E-state index in [1.54, 1.807) is 0 Å². The molecule has 1 aromatic heterocycles. The molecule has 1 amide bonds. The number of hydrogen-bond acceptors (Lipinski definition) is 4. The van der Waals surface area contributed by atoms with Crippen molar-refractivity contribution in [3.63, 3.8) is 0 Å². The van der Waals surface area contributed by atoms with Crippen molar-refractivity contribution in [2.24, 2.45) is 0 Å². The van der Waals surface area contributed by atoms with E-state index >= 15 is 0 Å². The summed E-state index contributed by atoms with van der Waals surface area (Å²) >= 11 is 3.43. The van der Waals surface area contributed by atoms with E-state index in [9.17, 15) is 4.79 Å². The van der Waals surface area contributed by atoms with Crippen LogP contribution in [-0.2, 0) is 0 Å². The number of benzene rings is 2. The standard InChI is InChI=1S/C20H18BrN3O2/c21-16-10-6-9-15(13-16)20(25)24-12-5-4-11-17(24)19-22-18(23-26-19)14-7-2-1-3-8-14/h1-3,6-10,13,17H,4-5,11-12H2. The Bertz CT molecular complexity index is 910. The summed E-state index contributed by atoms with van der Waals surface area (Å²) < 4.78 is 6.42. The van der Waals surface area contributed by atoms with Crippen molar-refractivity contribution in [1.29, 1.82) is 0 Å². The number of rotatable bonds is 3. The molecule has 6 heteroatoms. The summed E-state index contributed by atoms with van der Waals surface area (Å²) in [5.41, 5.74) is 1.57. The monoisotopic (exact) mass is 411 g/mol. The Morgan fingerprint density at radius 1 is 1.12 bits per heavy atom. The predicted molar refractivity (Wildman–Crippen MR) is 102 cm³/mol. The van der Waals surface area contributed by atoms with Gasteiger partial charge in [-0.05, 0) is 37.5 Å². The lowest BCUT2D eigenvalue weighted by molar-refractivity contribution is 0.0561. The van der Waals surface area contributed by atoms with Crippen molar-refractivity contribution in [2.75, 3.05) is 6.54 Å². The van der Waals surface area contributed by atoms with Gasteiger partial charge in [-0.15, -0.1) is 0 Å². The highest BCUT2D eigenvalue weighted by Crippen LogP contribution is 2.32. The van der Waals surface area contributed by atoms with E-state index in [1.807, 2.05) is 59.5 Å². The molecule has 0 spiro atoms. The van der Waals surface area contributed by atoms with Gasteiger partial charge in [-0.3, -0.25) is 4.79 Å². The number of carbonyl (C=O) groups is 1. The highest BCUT2D eigenvalue weighted by Gasteiger charge is 2.32. The molecule has 2 heterocycles. The maximum absolute atomic E-state index is 13.0. The van der Waals surface area contributed by atoms with Gasteiger partial charge in [-0.1, -0.05) is 57.5 Å². The van der Waals surface area contributed by atoms with Crippen LogP contribution in [0.15, 0.2) is 63.6 Å². The quantitative estimate of drug-likeness (QED) is 0.616. The SMILES string of the molecule is O=C(c1cccc(Br)c1)N1CCCCC1c1nc(-c2ccccc2)no1. The second-order valence-corrected chi connectivity index (χ2v) is 7.26. The predicted octanol–water partition coefficient (Wildman–Crippen LogP) is 4.87. The van der Waals surface area contributed by atoms with E-state index in [4.69, 9.17) is 4.52 Å². The largest absolute Gasteiger partial charge is 0.337 e. The second kappa shape index (κ2) is 7.41. The third kappa shape index (κ3) is 3.42. The third-order valence-corrected chi connectivity index (χ3v) is 5.09. The molecule has 0 saturated carbocycles. The Hall–Kier alpha value is -2.47. The van der Waals surface area contributed by atoms with Gasteiger partial charge < -0.3 is 9.42 Å². The van der Waals surface area contributed by atoms with E-state index in [0.717, 1.165) is 29.3 Å². The first-order chi connectivity index (χ1) is 12.7. The summed E-state index contributed by atoms with van der Waals surface area (Å²) in [4.78, 5) is 19.4. The molecule has 1 fully saturated rings. The molecule has 2 aromatic carbocycles. The Morgan fingerprint density at radius 2 is 1.96 bits per heavy atom. The van der Waals surface area contributed by atoms with Crippen LogP contribution in [0.4, 0.5) is 0 Å². The molecule has 1 saturated heterocycles. The topological polar surface area (TPSA) is 59.2 Å². The highest BCUT2D eigenvalue weighted by atomic mass is 79.9. The summed E-state index contributed by atoms with van der Waals surface area (Å²) in [7, 11) is 0. The Labute approximate surface area is 160 Å². The Balaban J connectivity index is 1.62. The number of likely N-dealkylation sites (tertiary alicyclic amines) is 1. The van der Waals surface area contributed by atoms with Crippen LogP contribution in [0.5, 0.6) is 0 Å². The number of nitrogens with zero attached hydrogens (tertiary/aromatic N) is 3. The lowest BCUT2D eigenvalue weighted by Gasteiger charge is -2.33. The van der Waals surface area contributed by atoms with Gasteiger partial charge in [-0.2, -0.15) is 4.98 Å². The van der Waals surface area contributed by atoms with Crippen LogP contribution in [0.2, 0.25) is 0 Å². The normalized spacial score (nSPS) is 17.3. The van der Waals surface area contributed by atoms with Gasteiger partial charge in [0.05, 0.1) is 0 Å². The molecule has 1 atom stereocenters. The Kier molecular flexibility index (Phi) is 4.84. The van der Waals surface area contributed by atoms with Crippen LogP contribution >= 0.6 is 15.9 Å². The summed E-state index contributed by atoms with van der Waals surface area (Å²) in [6.45, 7) is 0.694. The van der Waals surface area contributed by atoms with Crippen molar-refractivity contribution in [1.82, 2.24) is 15.0 Å². The maximum atomic E-state index is 13.0. The molecule has 4 rings (SSSR count). The van der Waals surface area contributed by atoms with E-state index < -0.39 is 0 Å². The van der Waals surface area contributed by atoms with Crippen LogP contribution in [0, 0.1) is 0 Å². The van der Waals surface area contributed by atoms with Crippen LogP contribution in [-0.4, -0.2) is 27.5 Å². The van der Waals surface area contributed by atoms with Crippen molar-refractivity contribution in [3.8, 4) is 11.4 Å². The molecular formula is C20H18BrN3O2. The molecule has 1 aliphatic rings. The molecule has 0 aliphatic carbocycles. The molecule has 3 aromatic rings. The minimum Gasteiger partial charge on any atom is -0.337 e. The van der Waals surface area contributed by atoms with E-state index in [-0.39, 0.29) is 11.9 Å². The molecule has 1 unspecified atom stereocenters. The van der Waals surface area contributed by atoms with Gasteiger partial charge >= 0.3 is 0 Å². The Morgan fingerprint density at radius 3 is 2.77 bits per heavy atom. The average molecular weight is 412 g/mol. The van der Waals surface area contributed by atoms with E-state index in [1.165, 1.54) is 0 Å². The van der Waals surface area contributed by atoms with Crippen LogP contribution in [0.25, 0.3) is 11.4 Å². The summed E-state index contributed by atoms with van der Waals surface area (Å²) in [5, 5.41) is 4.11. The minimum absolute atomic E-state index is 0.00420. The summed E-state index contributed by atoms with van der Waals surface area (Å²) in [6, 6.07) is 17.0. The number of aromatic nitrogens is 2. The third-order valence-electron chi connectivity index (χ3n) is 4.59. The lowest BCUT2D eigenvalue weighted by Crippen LogP contribution is -2.38. The molecule has 26 heavy (non-hydrogen) atoms. The molecule has 0 bridgehead atoms. The number of hydrogen-bond donors (Lipinski definition) is 0. The molecule has 1 aliphatic heterocycles. The first-order valence-electron chi connectivity index (χ1n) is 8.68. The molecule has 0 N–H and O–H groups in total. The highest BCUT2D eigenvalue weighted by molar-refractivity contribution is 9.10. The lowest BCUT2D eigenvalue weighted by atomic mass is 10.0. The zero-order chi connectivity index (χ0) is 17.9. The molecular weight excluding hydrogens is 394 g/mol. The first-order valence-corrected chi connectivity index (χ1v) is 9.47. The number of piperidine rings is 1. The smallest absolute Gasteiger partial charge is 0.254 e. The van der Waals surface area contributed by atoms with Crippen LogP contribution in [0.3, 0.4) is 0 Å². The fourth-order valence-corrected chi connectivity index (χ4v) is 3.69. The number of amides is 1. The van der Waals surface area contributed by atoms with Crippen molar-refractivity contribution >= 4 is 21.8 Å². The zero-order valence-electron chi connectivity index (χ0n) is 14.1. The average Bonchev–Trinajstić information content (AvgIpc) is 3.18. The van der Waals surface area contributed by atoms with Gasteiger partial charge in [0.25, 0.3) is 5.91 Å². The van der Waals surface area contributed by atoms with Gasteiger partial charge in [0.15, 0.2) is 0 Å². The number of carbonyl (C=O) groups excluding carboxylic acids is 1. The van der Waals surface area contributed by atoms with Crippen LogP contribution in [0.1, 0.15) is 41.6 Å². The summed E-state index contributed by atoms with van der Waals surface area (Å²) in [5.74, 6) is 1.06. The molecule has 132 valence electrons. The van der Waals surface area contributed by atoms with Gasteiger partial charge in [0, 0.05) is 22.1 Å². The minimum atomic E-state index is -0.180.